The van der Waals surface area contributed by atoms with E-state index >= 15 is 0 Å². The van der Waals surface area contributed by atoms with Gasteiger partial charge in [-0.15, -0.1) is 11.3 Å². The van der Waals surface area contributed by atoms with Crippen LogP contribution in [0.3, 0.4) is 0 Å². The van der Waals surface area contributed by atoms with Gasteiger partial charge in [0.25, 0.3) is 0 Å². The maximum Gasteiger partial charge on any atom is 0.177 e. The van der Waals surface area contributed by atoms with E-state index in [1.54, 1.807) is 11.3 Å². The summed E-state index contributed by atoms with van der Waals surface area (Å²) in [5.41, 5.74) is 3.02. The molecule has 6 nitrogen and oxygen atoms in total. The minimum atomic E-state index is -0.353. The number of pyridine rings is 1. The number of benzene rings is 1. The lowest BCUT2D eigenvalue weighted by molar-refractivity contribution is 0.201. The Labute approximate surface area is 181 Å². The minimum absolute atomic E-state index is 0.353. The number of H-pyrrole nitrogens is 1. The second-order valence-electron chi connectivity index (χ2n) is 7.98. The van der Waals surface area contributed by atoms with Crippen LogP contribution in [0.1, 0.15) is 29.6 Å². The van der Waals surface area contributed by atoms with Gasteiger partial charge in [-0.2, -0.15) is 0 Å². The summed E-state index contributed by atoms with van der Waals surface area (Å²) in [6.45, 7) is 2.67. The molecule has 0 radical (unpaired) electrons. The number of rotatable bonds is 4. The number of hydrogen-bond acceptors (Lipinski definition) is 6. The van der Waals surface area contributed by atoms with Crippen LogP contribution in [0.5, 0.6) is 0 Å². The van der Waals surface area contributed by atoms with E-state index in [1.807, 2.05) is 18.2 Å². The van der Waals surface area contributed by atoms with Gasteiger partial charge in [0.1, 0.15) is 22.9 Å². The third-order valence-electron chi connectivity index (χ3n) is 5.86. The lowest BCUT2D eigenvalue weighted by Gasteiger charge is -2.30. The van der Waals surface area contributed by atoms with Crippen molar-refractivity contribution < 1.29 is 8.81 Å². The van der Waals surface area contributed by atoms with E-state index in [1.165, 1.54) is 17.3 Å². The molecule has 8 heteroatoms. The first-order valence-electron chi connectivity index (χ1n) is 10.4. The van der Waals surface area contributed by atoms with E-state index in [4.69, 9.17) is 9.40 Å². The molecule has 5 aromatic rings. The summed E-state index contributed by atoms with van der Waals surface area (Å²) < 4.78 is 19.3. The zero-order valence-corrected chi connectivity index (χ0v) is 17.5. The highest BCUT2D eigenvalue weighted by Crippen LogP contribution is 2.34. The minimum Gasteiger partial charge on any atom is -0.454 e. The van der Waals surface area contributed by atoms with E-state index in [-0.39, 0.29) is 5.82 Å². The van der Waals surface area contributed by atoms with E-state index in [0.717, 1.165) is 54.2 Å². The summed E-state index contributed by atoms with van der Waals surface area (Å²) in [6, 6.07) is 11.5. The molecule has 0 spiro atoms. The van der Waals surface area contributed by atoms with Gasteiger partial charge in [0.05, 0.1) is 23.3 Å². The molecule has 1 saturated heterocycles. The zero-order chi connectivity index (χ0) is 20.8. The Morgan fingerprint density at radius 2 is 2.03 bits per heavy atom. The van der Waals surface area contributed by atoms with Crippen molar-refractivity contribution in [3.05, 3.63) is 64.6 Å². The molecule has 1 fully saturated rings. The lowest BCUT2D eigenvalue weighted by atomic mass is 9.97. The van der Waals surface area contributed by atoms with Gasteiger partial charge < -0.3 is 9.40 Å². The number of imidazole rings is 1. The van der Waals surface area contributed by atoms with Crippen LogP contribution >= 0.6 is 11.3 Å². The molecule has 0 amide bonds. The van der Waals surface area contributed by atoms with Gasteiger partial charge in [0, 0.05) is 22.8 Å². The molecule has 31 heavy (non-hydrogen) atoms. The second kappa shape index (κ2) is 7.55. The molecule has 1 aliphatic rings. The number of fused-ring (bicyclic) bond motifs is 2. The molecule has 4 aromatic heterocycles. The summed E-state index contributed by atoms with van der Waals surface area (Å²) >= 11 is 1.72. The first-order valence-corrected chi connectivity index (χ1v) is 11.3. The summed E-state index contributed by atoms with van der Waals surface area (Å²) in [5, 5.41) is 4.38. The van der Waals surface area contributed by atoms with Crippen LogP contribution in [0, 0.1) is 5.82 Å². The fourth-order valence-electron chi connectivity index (χ4n) is 4.25. The Bertz CT molecular complexity index is 1330. The van der Waals surface area contributed by atoms with Crippen LogP contribution in [0.15, 0.2) is 52.4 Å². The standard InChI is InChI=1S/C23H20FN5OS/c24-16-10-17-22(25-11-16)28-21(26-17)12-29-7-5-14(6-8-29)23-27-18(13-31-23)20-9-15-3-1-2-4-19(15)30-20/h1-4,9-11,13-14H,5-8,12H2,(H,25,26,28). The molecule has 0 atom stereocenters. The van der Waals surface area contributed by atoms with Crippen molar-refractivity contribution in [2.24, 2.45) is 0 Å². The first-order chi connectivity index (χ1) is 15.2. The second-order valence-corrected chi connectivity index (χ2v) is 8.87. The monoisotopic (exact) mass is 433 g/mol. The largest absolute Gasteiger partial charge is 0.454 e. The predicted octanol–water partition coefficient (Wildman–Crippen LogP) is 5.35. The molecule has 1 aliphatic heterocycles. The van der Waals surface area contributed by atoms with Crippen molar-refractivity contribution in [3.8, 4) is 11.5 Å². The van der Waals surface area contributed by atoms with E-state index < -0.39 is 0 Å². The van der Waals surface area contributed by atoms with Gasteiger partial charge >= 0.3 is 0 Å². The molecule has 5 heterocycles. The average molecular weight is 434 g/mol. The lowest BCUT2D eigenvalue weighted by Crippen LogP contribution is -2.32. The van der Waals surface area contributed by atoms with Crippen molar-refractivity contribution >= 4 is 33.5 Å². The molecule has 0 bridgehead atoms. The van der Waals surface area contributed by atoms with Gasteiger partial charge in [-0.1, -0.05) is 18.2 Å². The number of piperidine rings is 1. The van der Waals surface area contributed by atoms with Crippen LogP contribution in [0.4, 0.5) is 4.39 Å². The molecule has 0 unspecified atom stereocenters. The quantitative estimate of drug-likeness (QED) is 0.414. The number of furan rings is 1. The topological polar surface area (TPSA) is 70.8 Å². The van der Waals surface area contributed by atoms with Gasteiger partial charge in [-0.05, 0) is 38.1 Å². The van der Waals surface area contributed by atoms with Crippen LogP contribution < -0.4 is 0 Å². The maximum atomic E-state index is 13.3. The number of hydrogen-bond donors (Lipinski definition) is 1. The zero-order valence-electron chi connectivity index (χ0n) is 16.7. The summed E-state index contributed by atoms with van der Waals surface area (Å²) in [6.07, 6.45) is 3.31. The Balaban J connectivity index is 1.12. The highest BCUT2D eigenvalue weighted by molar-refractivity contribution is 7.10. The summed E-state index contributed by atoms with van der Waals surface area (Å²) in [4.78, 5) is 19.0. The smallest absolute Gasteiger partial charge is 0.177 e. The predicted molar refractivity (Wildman–Crippen MR) is 118 cm³/mol. The number of aromatic nitrogens is 4. The molecule has 0 aliphatic carbocycles. The maximum absolute atomic E-state index is 13.3. The number of aromatic amines is 1. The third kappa shape index (κ3) is 3.62. The molecule has 0 saturated carbocycles. The fraction of sp³-hybridized carbons (Fsp3) is 0.261. The number of nitrogens with one attached hydrogen (secondary N) is 1. The number of thiazole rings is 1. The van der Waals surface area contributed by atoms with Crippen molar-refractivity contribution in [2.75, 3.05) is 13.1 Å². The Hall–Kier alpha value is -3.10. The molecule has 6 rings (SSSR count). The van der Waals surface area contributed by atoms with Gasteiger partial charge in [-0.3, -0.25) is 4.90 Å². The number of likely N-dealkylation sites (tertiary alicyclic amines) is 1. The summed E-state index contributed by atoms with van der Waals surface area (Å²) in [5.74, 6) is 1.77. The Morgan fingerprint density at radius 1 is 1.16 bits per heavy atom. The molecule has 1 N–H and O–H groups in total. The van der Waals surface area contributed by atoms with Crippen LogP contribution in [0.25, 0.3) is 33.6 Å². The molecular formula is C23H20FN5OS. The summed E-state index contributed by atoms with van der Waals surface area (Å²) in [7, 11) is 0. The molecular weight excluding hydrogens is 413 g/mol. The van der Waals surface area contributed by atoms with Crippen molar-refractivity contribution in [1.82, 2.24) is 24.8 Å². The molecule has 1 aromatic carbocycles. The van der Waals surface area contributed by atoms with Crippen LogP contribution in [0.2, 0.25) is 0 Å². The van der Waals surface area contributed by atoms with Crippen LogP contribution in [-0.2, 0) is 6.54 Å². The first kappa shape index (κ1) is 18.7. The van der Waals surface area contributed by atoms with Crippen molar-refractivity contribution in [2.45, 2.75) is 25.3 Å². The van der Waals surface area contributed by atoms with Crippen molar-refractivity contribution in [3.63, 3.8) is 0 Å². The normalized spacial score (nSPS) is 15.9. The SMILES string of the molecule is Fc1cnc2nc(CN3CCC(c4nc(-c5cc6ccccc6o5)cs4)CC3)[nH]c2c1. The van der Waals surface area contributed by atoms with Gasteiger partial charge in [0.15, 0.2) is 11.4 Å². The number of halogens is 1. The van der Waals surface area contributed by atoms with Gasteiger partial charge in [-0.25, -0.2) is 19.3 Å². The van der Waals surface area contributed by atoms with E-state index in [2.05, 4.69) is 37.4 Å². The third-order valence-corrected chi connectivity index (χ3v) is 6.87. The number of nitrogens with zero attached hydrogens (tertiary/aromatic N) is 4. The number of para-hydroxylation sites is 1. The average Bonchev–Trinajstić information content (AvgIpc) is 3.51. The highest BCUT2D eigenvalue weighted by Gasteiger charge is 2.24. The van der Waals surface area contributed by atoms with E-state index in [0.29, 0.717) is 23.6 Å². The highest BCUT2D eigenvalue weighted by atomic mass is 32.1. The van der Waals surface area contributed by atoms with Crippen LogP contribution in [-0.4, -0.2) is 37.9 Å². The fourth-order valence-corrected chi connectivity index (χ4v) is 5.23. The van der Waals surface area contributed by atoms with E-state index in [9.17, 15) is 4.39 Å². The Kier molecular flexibility index (Phi) is 4.54. The van der Waals surface area contributed by atoms with Crippen molar-refractivity contribution in [1.29, 1.82) is 0 Å². The Morgan fingerprint density at radius 3 is 2.90 bits per heavy atom. The molecule has 156 valence electrons. The van der Waals surface area contributed by atoms with Gasteiger partial charge in [0.2, 0.25) is 0 Å².